The van der Waals surface area contributed by atoms with E-state index in [2.05, 4.69) is 11.8 Å². The second kappa shape index (κ2) is 6.57. The number of rotatable bonds is 5. The number of unbranched alkanes of at least 4 members (excludes halogenated alkanes) is 1. The van der Waals surface area contributed by atoms with E-state index in [1.165, 1.54) is 0 Å². The molecule has 1 rings (SSSR count). The molecule has 0 spiro atoms. The fraction of sp³-hybridized carbons (Fsp3) is 0.533. The van der Waals surface area contributed by atoms with Gasteiger partial charge in [-0.25, -0.2) is 4.79 Å². The van der Waals surface area contributed by atoms with Crippen molar-refractivity contribution in [1.29, 1.82) is 0 Å². The molecule has 1 aromatic carbocycles. The molecule has 0 unspecified atom stereocenters. The maximum atomic E-state index is 11.4. The molecule has 1 aromatic rings. The van der Waals surface area contributed by atoms with Crippen LogP contribution in [0.15, 0.2) is 18.2 Å². The van der Waals surface area contributed by atoms with Gasteiger partial charge in [0.25, 0.3) is 0 Å². The number of benzene rings is 1. The molecule has 0 aliphatic carbocycles. The maximum absolute atomic E-state index is 11.4. The monoisotopic (exact) mass is 266 g/mol. The highest BCUT2D eigenvalue weighted by atomic mass is 17.1. The smallest absolute Gasteiger partial charge is 0.372 e. The highest BCUT2D eigenvalue weighted by Crippen LogP contribution is 2.28. The van der Waals surface area contributed by atoms with Gasteiger partial charge in [-0.15, -0.1) is 0 Å². The largest absolute Gasteiger partial charge is 0.494 e. The maximum Gasteiger partial charge on any atom is 0.372 e. The normalized spacial score (nSPS) is 11.2. The molecule has 0 aliphatic rings. The van der Waals surface area contributed by atoms with Gasteiger partial charge in [0.2, 0.25) is 0 Å². The fourth-order valence-electron chi connectivity index (χ4n) is 1.62. The predicted molar refractivity (Wildman–Crippen MR) is 73.6 cm³/mol. The van der Waals surface area contributed by atoms with Crippen molar-refractivity contribution in [2.45, 2.75) is 46.0 Å². The van der Waals surface area contributed by atoms with Crippen LogP contribution in [-0.4, -0.2) is 17.8 Å². The molecule has 1 N–H and O–H groups in total. The first kappa shape index (κ1) is 15.5. The molecule has 4 nitrogen and oxygen atoms in total. The Kier molecular flexibility index (Phi) is 5.36. The lowest BCUT2D eigenvalue weighted by Crippen LogP contribution is -2.13. The quantitative estimate of drug-likeness (QED) is 0.500. The van der Waals surface area contributed by atoms with Gasteiger partial charge < -0.3 is 4.74 Å². The number of hydrogen-bond donors (Lipinski definition) is 1. The number of hydrogen-bond acceptors (Lipinski definition) is 4. The molecule has 106 valence electrons. The molecule has 0 atom stereocenters. The van der Waals surface area contributed by atoms with Gasteiger partial charge in [-0.05, 0) is 35.6 Å². The van der Waals surface area contributed by atoms with Crippen LogP contribution in [-0.2, 0) is 10.3 Å². The third kappa shape index (κ3) is 4.56. The summed E-state index contributed by atoms with van der Waals surface area (Å²) >= 11 is 0. The minimum Gasteiger partial charge on any atom is -0.494 e. The van der Waals surface area contributed by atoms with E-state index < -0.39 is 5.97 Å². The molecular weight excluding hydrogens is 244 g/mol. The van der Waals surface area contributed by atoms with E-state index in [1.807, 2.05) is 26.8 Å². The molecule has 0 fully saturated rings. The van der Waals surface area contributed by atoms with Crippen molar-refractivity contribution in [3.63, 3.8) is 0 Å². The predicted octanol–water partition coefficient (Wildman–Crippen LogP) is 3.79. The number of carbonyl (C=O) groups is 1. The average Bonchev–Trinajstić information content (AvgIpc) is 2.36. The van der Waals surface area contributed by atoms with Crippen molar-refractivity contribution >= 4 is 5.97 Å². The summed E-state index contributed by atoms with van der Waals surface area (Å²) < 4.78 is 5.63. The third-order valence-corrected chi connectivity index (χ3v) is 2.86. The Morgan fingerprint density at radius 2 is 1.95 bits per heavy atom. The van der Waals surface area contributed by atoms with Crippen molar-refractivity contribution in [2.24, 2.45) is 0 Å². The summed E-state index contributed by atoms with van der Waals surface area (Å²) in [4.78, 5) is 15.2. The van der Waals surface area contributed by atoms with Gasteiger partial charge in [0.05, 0.1) is 12.2 Å². The molecule has 0 saturated heterocycles. The van der Waals surface area contributed by atoms with E-state index in [9.17, 15) is 4.79 Å². The molecule has 0 heterocycles. The van der Waals surface area contributed by atoms with Gasteiger partial charge in [0.15, 0.2) is 0 Å². The van der Waals surface area contributed by atoms with E-state index in [-0.39, 0.29) is 5.41 Å². The van der Waals surface area contributed by atoms with Gasteiger partial charge in [-0.2, -0.15) is 5.26 Å². The molecule has 0 aliphatic heterocycles. The van der Waals surface area contributed by atoms with E-state index in [0.29, 0.717) is 17.9 Å². The Balaban J connectivity index is 3.06. The van der Waals surface area contributed by atoms with Crippen molar-refractivity contribution < 1.29 is 19.7 Å². The Morgan fingerprint density at radius 1 is 1.26 bits per heavy atom. The van der Waals surface area contributed by atoms with Gasteiger partial charge in [0, 0.05) is 0 Å². The first-order chi connectivity index (χ1) is 8.88. The molecule has 4 heteroatoms. The topological polar surface area (TPSA) is 55.8 Å². The summed E-state index contributed by atoms with van der Waals surface area (Å²) in [6, 6.07) is 5.22. The molecule has 0 radical (unpaired) electrons. The van der Waals surface area contributed by atoms with Crippen LogP contribution < -0.4 is 4.74 Å². The van der Waals surface area contributed by atoms with Gasteiger partial charge in [-0.3, -0.25) is 4.89 Å². The van der Waals surface area contributed by atoms with Crippen LogP contribution in [0.1, 0.15) is 56.5 Å². The summed E-state index contributed by atoms with van der Waals surface area (Å²) in [6.45, 7) is 8.84. The lowest BCUT2D eigenvalue weighted by molar-refractivity contribution is -0.182. The zero-order valence-electron chi connectivity index (χ0n) is 12.0. The van der Waals surface area contributed by atoms with Crippen molar-refractivity contribution in [1.82, 2.24) is 0 Å². The number of carbonyl (C=O) groups excluding carboxylic acids is 1. The van der Waals surface area contributed by atoms with Crippen molar-refractivity contribution in [3.8, 4) is 5.75 Å². The van der Waals surface area contributed by atoms with E-state index >= 15 is 0 Å². The summed E-state index contributed by atoms with van der Waals surface area (Å²) in [5.41, 5.74) is 1.14. The highest BCUT2D eigenvalue weighted by molar-refractivity contribution is 5.89. The van der Waals surface area contributed by atoms with Crippen LogP contribution in [0.4, 0.5) is 0 Å². The van der Waals surface area contributed by atoms with E-state index in [4.69, 9.17) is 9.99 Å². The lowest BCUT2D eigenvalue weighted by atomic mass is 9.86. The zero-order chi connectivity index (χ0) is 14.5. The lowest BCUT2D eigenvalue weighted by Gasteiger charge is -2.20. The Labute approximate surface area is 114 Å². The van der Waals surface area contributed by atoms with Gasteiger partial charge >= 0.3 is 5.97 Å². The molecule has 0 bridgehead atoms. The third-order valence-electron chi connectivity index (χ3n) is 2.86. The summed E-state index contributed by atoms with van der Waals surface area (Å²) in [6.07, 6.45) is 2.00. The Hall–Kier alpha value is -1.55. The van der Waals surface area contributed by atoms with Crippen molar-refractivity contribution in [2.75, 3.05) is 6.61 Å². The van der Waals surface area contributed by atoms with Gasteiger partial charge in [-0.1, -0.05) is 34.1 Å². The van der Waals surface area contributed by atoms with Crippen LogP contribution in [0.25, 0.3) is 0 Å². The number of ether oxygens (including phenoxy) is 1. The van der Waals surface area contributed by atoms with Crippen molar-refractivity contribution in [3.05, 3.63) is 29.3 Å². The minimum atomic E-state index is -0.772. The van der Waals surface area contributed by atoms with Crippen LogP contribution in [0, 0.1) is 0 Å². The molecule has 0 saturated carbocycles. The minimum absolute atomic E-state index is 0.116. The first-order valence-corrected chi connectivity index (χ1v) is 6.52. The zero-order valence-corrected chi connectivity index (χ0v) is 12.0. The highest BCUT2D eigenvalue weighted by Gasteiger charge is 2.18. The van der Waals surface area contributed by atoms with E-state index in [0.717, 1.165) is 18.4 Å². The molecule has 0 amide bonds. The summed E-state index contributed by atoms with van der Waals surface area (Å²) in [5, 5.41) is 8.50. The summed E-state index contributed by atoms with van der Waals surface area (Å²) in [7, 11) is 0. The second-order valence-electron chi connectivity index (χ2n) is 5.58. The summed E-state index contributed by atoms with van der Waals surface area (Å²) in [5.74, 6) is -0.146. The van der Waals surface area contributed by atoms with Gasteiger partial charge in [0.1, 0.15) is 5.75 Å². The standard InChI is InChI=1S/C15H22O4/c1-5-6-7-18-13-9-11(14(16)19-17)8-12(10-13)15(2,3)4/h8-10,17H,5-7H2,1-4H3. The second-order valence-corrected chi connectivity index (χ2v) is 5.58. The SMILES string of the molecule is CCCCOc1cc(C(=O)OO)cc(C(C)(C)C)c1. The van der Waals surface area contributed by atoms with Crippen LogP contribution in [0.2, 0.25) is 0 Å². The Bertz CT molecular complexity index is 432. The molecule has 0 aromatic heterocycles. The van der Waals surface area contributed by atoms with E-state index in [1.54, 1.807) is 12.1 Å². The Morgan fingerprint density at radius 3 is 2.47 bits per heavy atom. The fourth-order valence-corrected chi connectivity index (χ4v) is 1.62. The average molecular weight is 266 g/mol. The van der Waals surface area contributed by atoms with Crippen LogP contribution >= 0.6 is 0 Å². The molecule has 19 heavy (non-hydrogen) atoms. The van der Waals surface area contributed by atoms with Crippen LogP contribution in [0.3, 0.4) is 0 Å². The molecular formula is C15H22O4. The first-order valence-electron chi connectivity index (χ1n) is 6.52. The van der Waals surface area contributed by atoms with Crippen LogP contribution in [0.5, 0.6) is 5.75 Å².